The summed E-state index contributed by atoms with van der Waals surface area (Å²) in [4.78, 5) is 4.10. The van der Waals surface area contributed by atoms with Crippen molar-refractivity contribution in [1.29, 1.82) is 0 Å². The number of aromatic nitrogens is 1. The van der Waals surface area contributed by atoms with Crippen LogP contribution in [-0.4, -0.2) is 31.4 Å². The molecule has 1 aromatic heterocycles. The molecule has 0 bridgehead atoms. The lowest BCUT2D eigenvalue weighted by Gasteiger charge is -2.16. The fraction of sp³-hybridized carbons (Fsp3) is 0.308. The Morgan fingerprint density at radius 1 is 1.11 bits per heavy atom. The summed E-state index contributed by atoms with van der Waals surface area (Å²) in [5, 5.41) is 12.7. The minimum Gasteiger partial charge on any atom is -0.493 e. The van der Waals surface area contributed by atoms with E-state index in [-0.39, 0.29) is 0 Å². The summed E-state index contributed by atoms with van der Waals surface area (Å²) in [6.07, 6.45) is 0.843. The van der Waals surface area contributed by atoms with E-state index in [2.05, 4.69) is 4.98 Å². The molecular weight excluding hydrogens is 266 g/mol. The van der Waals surface area contributed by atoms with Gasteiger partial charge in [-0.25, -0.2) is 4.98 Å². The van der Waals surface area contributed by atoms with Crippen LogP contribution >= 0.6 is 11.3 Å². The molecule has 1 unspecified atom stereocenters. The number of hydrogen-bond acceptors (Lipinski definition) is 6. The molecule has 2 aromatic rings. The Hall–Kier alpha value is -1.79. The van der Waals surface area contributed by atoms with E-state index >= 15 is 0 Å². The summed E-state index contributed by atoms with van der Waals surface area (Å²) in [6, 6.07) is 3.43. The minimum absolute atomic E-state index is 0.500. The zero-order valence-electron chi connectivity index (χ0n) is 10.9. The second-order valence-electron chi connectivity index (χ2n) is 3.73. The summed E-state index contributed by atoms with van der Waals surface area (Å²) in [7, 11) is 4.62. The van der Waals surface area contributed by atoms with Gasteiger partial charge in [0.05, 0.1) is 21.3 Å². The van der Waals surface area contributed by atoms with Gasteiger partial charge < -0.3 is 19.3 Å². The van der Waals surface area contributed by atoms with Crippen molar-refractivity contribution in [3.63, 3.8) is 0 Å². The Balaban J connectivity index is 2.47. The highest BCUT2D eigenvalue weighted by molar-refractivity contribution is 7.09. The minimum atomic E-state index is -0.811. The molecule has 1 atom stereocenters. The Morgan fingerprint density at radius 3 is 2.16 bits per heavy atom. The topological polar surface area (TPSA) is 60.8 Å². The molecule has 1 N–H and O–H groups in total. The number of nitrogens with zero attached hydrogens (tertiary/aromatic N) is 1. The summed E-state index contributed by atoms with van der Waals surface area (Å²) in [5.74, 6) is 1.51. The molecule has 1 aromatic carbocycles. The third kappa shape index (κ3) is 2.64. The molecule has 0 saturated carbocycles. The maximum absolute atomic E-state index is 10.3. The number of thiazole rings is 1. The van der Waals surface area contributed by atoms with Crippen LogP contribution in [0.25, 0.3) is 0 Å². The molecule has 0 saturated heterocycles. The monoisotopic (exact) mass is 281 g/mol. The molecule has 5 nitrogen and oxygen atoms in total. The number of rotatable bonds is 5. The molecular formula is C13H15NO4S. The van der Waals surface area contributed by atoms with Crippen LogP contribution in [0, 0.1) is 0 Å². The normalized spacial score (nSPS) is 12.0. The molecule has 0 fully saturated rings. The summed E-state index contributed by atoms with van der Waals surface area (Å²) < 4.78 is 15.7. The van der Waals surface area contributed by atoms with Crippen molar-refractivity contribution < 1.29 is 19.3 Å². The molecule has 19 heavy (non-hydrogen) atoms. The number of aliphatic hydroxyl groups excluding tert-OH is 1. The zero-order valence-corrected chi connectivity index (χ0v) is 11.7. The second kappa shape index (κ2) is 5.90. The average Bonchev–Trinajstić information content (AvgIpc) is 2.98. The fourth-order valence-electron chi connectivity index (χ4n) is 1.77. The zero-order chi connectivity index (χ0) is 13.8. The van der Waals surface area contributed by atoms with Crippen LogP contribution in [0.1, 0.15) is 16.7 Å². The van der Waals surface area contributed by atoms with Gasteiger partial charge in [-0.15, -0.1) is 11.3 Å². The van der Waals surface area contributed by atoms with Crippen LogP contribution in [0.2, 0.25) is 0 Å². The van der Waals surface area contributed by atoms with Gasteiger partial charge in [0.25, 0.3) is 0 Å². The van der Waals surface area contributed by atoms with Crippen molar-refractivity contribution in [3.05, 3.63) is 34.3 Å². The lowest BCUT2D eigenvalue weighted by molar-refractivity contribution is 0.218. The van der Waals surface area contributed by atoms with Crippen LogP contribution in [0.15, 0.2) is 23.7 Å². The highest BCUT2D eigenvalue weighted by atomic mass is 32.1. The van der Waals surface area contributed by atoms with Crippen LogP contribution in [-0.2, 0) is 0 Å². The van der Waals surface area contributed by atoms with E-state index in [1.54, 1.807) is 18.3 Å². The molecule has 0 spiro atoms. The first-order chi connectivity index (χ1) is 9.21. The van der Waals surface area contributed by atoms with Gasteiger partial charge in [-0.05, 0) is 17.7 Å². The van der Waals surface area contributed by atoms with Crippen LogP contribution < -0.4 is 14.2 Å². The maximum Gasteiger partial charge on any atom is 0.203 e. The largest absolute Gasteiger partial charge is 0.493 e. The molecule has 6 heteroatoms. The molecule has 102 valence electrons. The first-order valence-electron chi connectivity index (χ1n) is 5.58. The van der Waals surface area contributed by atoms with Crippen molar-refractivity contribution in [2.24, 2.45) is 0 Å². The summed E-state index contributed by atoms with van der Waals surface area (Å²) >= 11 is 1.39. The van der Waals surface area contributed by atoms with E-state index < -0.39 is 6.10 Å². The highest BCUT2D eigenvalue weighted by Gasteiger charge is 2.19. The van der Waals surface area contributed by atoms with Gasteiger partial charge in [-0.3, -0.25) is 0 Å². The molecule has 0 aliphatic rings. The van der Waals surface area contributed by atoms with E-state index in [0.29, 0.717) is 27.8 Å². The first-order valence-corrected chi connectivity index (χ1v) is 6.46. The van der Waals surface area contributed by atoms with Gasteiger partial charge in [0.2, 0.25) is 5.75 Å². The highest BCUT2D eigenvalue weighted by Crippen LogP contribution is 2.40. The Kier molecular flexibility index (Phi) is 4.24. The average molecular weight is 281 g/mol. The number of methoxy groups -OCH3 is 3. The molecule has 0 aliphatic heterocycles. The Labute approximate surface area is 115 Å². The number of ether oxygens (including phenoxy) is 3. The van der Waals surface area contributed by atoms with Crippen molar-refractivity contribution in [3.8, 4) is 17.2 Å². The molecule has 0 aliphatic carbocycles. The molecule has 1 heterocycles. The van der Waals surface area contributed by atoms with Crippen molar-refractivity contribution >= 4 is 11.3 Å². The Bertz CT molecular complexity index is 517. The number of benzene rings is 1. The number of aliphatic hydroxyl groups is 1. The van der Waals surface area contributed by atoms with Gasteiger partial charge in [0.15, 0.2) is 11.5 Å². The van der Waals surface area contributed by atoms with Gasteiger partial charge in [-0.2, -0.15) is 0 Å². The molecule has 2 rings (SSSR count). The van der Waals surface area contributed by atoms with Crippen LogP contribution in [0.5, 0.6) is 17.2 Å². The quantitative estimate of drug-likeness (QED) is 0.910. The van der Waals surface area contributed by atoms with Gasteiger partial charge in [-0.1, -0.05) is 0 Å². The van der Waals surface area contributed by atoms with Gasteiger partial charge in [0.1, 0.15) is 11.1 Å². The lowest BCUT2D eigenvalue weighted by atomic mass is 10.1. The molecule has 0 radical (unpaired) electrons. The second-order valence-corrected chi connectivity index (χ2v) is 4.66. The van der Waals surface area contributed by atoms with Gasteiger partial charge >= 0.3 is 0 Å². The predicted molar refractivity (Wildman–Crippen MR) is 72.3 cm³/mol. The summed E-state index contributed by atoms with van der Waals surface area (Å²) in [5.41, 5.74) is 0.643. The van der Waals surface area contributed by atoms with Crippen molar-refractivity contribution in [1.82, 2.24) is 4.98 Å². The van der Waals surface area contributed by atoms with Crippen molar-refractivity contribution in [2.75, 3.05) is 21.3 Å². The third-order valence-corrected chi connectivity index (χ3v) is 3.52. The van der Waals surface area contributed by atoms with E-state index in [0.717, 1.165) is 0 Å². The fourth-order valence-corrected chi connectivity index (χ4v) is 2.42. The van der Waals surface area contributed by atoms with Crippen LogP contribution in [0.3, 0.4) is 0 Å². The van der Waals surface area contributed by atoms with Gasteiger partial charge in [0, 0.05) is 11.6 Å². The molecule has 0 amide bonds. The third-order valence-electron chi connectivity index (χ3n) is 2.69. The van der Waals surface area contributed by atoms with E-state index in [4.69, 9.17) is 14.2 Å². The van der Waals surface area contributed by atoms with Crippen molar-refractivity contribution in [2.45, 2.75) is 6.10 Å². The lowest BCUT2D eigenvalue weighted by Crippen LogP contribution is -2.02. The first kappa shape index (κ1) is 13.6. The predicted octanol–water partition coefficient (Wildman–Crippen LogP) is 2.25. The maximum atomic E-state index is 10.3. The van der Waals surface area contributed by atoms with E-state index in [1.165, 1.54) is 32.7 Å². The smallest absolute Gasteiger partial charge is 0.203 e. The Morgan fingerprint density at radius 2 is 1.74 bits per heavy atom. The van der Waals surface area contributed by atoms with E-state index in [1.807, 2.05) is 5.38 Å². The summed E-state index contributed by atoms with van der Waals surface area (Å²) in [6.45, 7) is 0. The number of hydrogen-bond donors (Lipinski definition) is 1. The standard InChI is InChI=1S/C13H15NO4S/c1-16-9-6-8(7-10(17-2)12(9)18-3)11(15)13-14-4-5-19-13/h4-7,11,15H,1-3H3. The SMILES string of the molecule is COc1cc(C(O)c2nccs2)cc(OC)c1OC. The van der Waals surface area contributed by atoms with E-state index in [9.17, 15) is 5.11 Å². The van der Waals surface area contributed by atoms with Crippen LogP contribution in [0.4, 0.5) is 0 Å².